The Morgan fingerprint density at radius 1 is 0.939 bits per heavy atom. The molecule has 0 aliphatic carbocycles. The maximum atomic E-state index is 13.4. The van der Waals surface area contributed by atoms with Crippen molar-refractivity contribution in [2.24, 2.45) is 0 Å². The maximum Gasteiger partial charge on any atom is 0.261 e. The third-order valence-corrected chi connectivity index (χ3v) is 6.09. The van der Waals surface area contributed by atoms with Gasteiger partial charge in [-0.1, -0.05) is 64.5 Å². The second kappa shape index (κ2) is 11.7. The first-order valence-electron chi connectivity index (χ1n) is 10.9. The minimum absolute atomic E-state index is 0.154. The number of rotatable bonds is 9. The van der Waals surface area contributed by atoms with Crippen molar-refractivity contribution in [3.63, 3.8) is 0 Å². The van der Waals surface area contributed by atoms with Gasteiger partial charge in [-0.25, -0.2) is 0 Å². The van der Waals surface area contributed by atoms with Gasteiger partial charge >= 0.3 is 0 Å². The Hall–Kier alpha value is -3.12. The number of nitrogens with one attached hydrogen (secondary N) is 1. The normalized spacial score (nSPS) is 11.5. The number of nitrogens with zero attached hydrogens (tertiary/aromatic N) is 1. The van der Waals surface area contributed by atoms with Crippen molar-refractivity contribution >= 4 is 27.7 Å². The Balaban J connectivity index is 1.87. The van der Waals surface area contributed by atoms with Crippen LogP contribution in [-0.2, 0) is 22.6 Å². The number of aryl methyl sites for hydroxylation is 2. The highest BCUT2D eigenvalue weighted by Crippen LogP contribution is 2.20. The summed E-state index contributed by atoms with van der Waals surface area (Å²) in [5, 5.41) is 2.72. The van der Waals surface area contributed by atoms with Crippen molar-refractivity contribution in [1.82, 2.24) is 10.2 Å². The van der Waals surface area contributed by atoms with Gasteiger partial charge in [-0.3, -0.25) is 9.59 Å². The van der Waals surface area contributed by atoms with E-state index in [9.17, 15) is 9.59 Å². The second-order valence-corrected chi connectivity index (χ2v) is 8.92. The molecule has 172 valence electrons. The highest BCUT2D eigenvalue weighted by atomic mass is 79.9. The molecule has 0 aliphatic heterocycles. The first kappa shape index (κ1) is 24.5. The number of amides is 2. The van der Waals surface area contributed by atoms with Crippen LogP contribution in [-0.4, -0.2) is 36.4 Å². The molecule has 3 aromatic carbocycles. The van der Waals surface area contributed by atoms with Crippen LogP contribution in [0.4, 0.5) is 0 Å². The van der Waals surface area contributed by atoms with E-state index in [2.05, 4.69) is 21.2 Å². The molecule has 0 heterocycles. The first-order chi connectivity index (χ1) is 15.9. The van der Waals surface area contributed by atoms with Crippen molar-refractivity contribution in [1.29, 1.82) is 0 Å². The summed E-state index contributed by atoms with van der Waals surface area (Å²) < 4.78 is 6.74. The smallest absolute Gasteiger partial charge is 0.261 e. The van der Waals surface area contributed by atoms with Gasteiger partial charge in [0, 0.05) is 24.5 Å². The predicted octanol–water partition coefficient (Wildman–Crippen LogP) is 4.83. The van der Waals surface area contributed by atoms with Crippen molar-refractivity contribution in [3.8, 4) is 5.75 Å². The quantitative estimate of drug-likeness (QED) is 0.450. The lowest BCUT2D eigenvalue weighted by Gasteiger charge is -2.31. The molecule has 0 radical (unpaired) electrons. The fourth-order valence-corrected chi connectivity index (χ4v) is 4.03. The molecule has 1 N–H and O–H groups in total. The van der Waals surface area contributed by atoms with Crippen LogP contribution in [0.25, 0.3) is 0 Å². The summed E-state index contributed by atoms with van der Waals surface area (Å²) in [4.78, 5) is 27.9. The van der Waals surface area contributed by atoms with Crippen LogP contribution in [0.5, 0.6) is 5.75 Å². The van der Waals surface area contributed by atoms with Crippen LogP contribution in [0.15, 0.2) is 77.3 Å². The summed E-state index contributed by atoms with van der Waals surface area (Å²) in [5.41, 5.74) is 4.16. The van der Waals surface area contributed by atoms with Crippen LogP contribution >= 0.6 is 15.9 Å². The summed E-state index contributed by atoms with van der Waals surface area (Å²) in [6.45, 7) is 4.17. The molecule has 0 aliphatic rings. The number of hydrogen-bond donors (Lipinski definition) is 1. The van der Waals surface area contributed by atoms with Gasteiger partial charge < -0.3 is 15.0 Å². The van der Waals surface area contributed by atoms with Crippen LogP contribution in [0.1, 0.15) is 22.3 Å². The van der Waals surface area contributed by atoms with Gasteiger partial charge in [-0.2, -0.15) is 0 Å². The topological polar surface area (TPSA) is 58.6 Å². The van der Waals surface area contributed by atoms with E-state index in [1.165, 1.54) is 0 Å². The lowest BCUT2D eigenvalue weighted by atomic mass is 10.0. The average molecular weight is 509 g/mol. The zero-order valence-electron chi connectivity index (χ0n) is 19.2. The Morgan fingerprint density at radius 3 is 2.33 bits per heavy atom. The van der Waals surface area contributed by atoms with Crippen molar-refractivity contribution < 1.29 is 14.3 Å². The van der Waals surface area contributed by atoms with Gasteiger partial charge in [0.2, 0.25) is 5.91 Å². The molecule has 6 heteroatoms. The monoisotopic (exact) mass is 508 g/mol. The minimum atomic E-state index is -0.674. The maximum absolute atomic E-state index is 13.4. The zero-order valence-corrected chi connectivity index (χ0v) is 20.8. The van der Waals surface area contributed by atoms with Gasteiger partial charge in [0.25, 0.3) is 5.91 Å². The minimum Gasteiger partial charge on any atom is -0.484 e. The molecule has 0 aromatic heterocycles. The summed E-state index contributed by atoms with van der Waals surface area (Å²) >= 11 is 3.49. The van der Waals surface area contributed by atoms with E-state index in [1.54, 1.807) is 11.9 Å². The van der Waals surface area contributed by atoms with Crippen LogP contribution in [0, 0.1) is 13.8 Å². The van der Waals surface area contributed by atoms with Gasteiger partial charge in [0.05, 0.1) is 0 Å². The number of carbonyl (C=O) groups is 2. The molecule has 1 unspecified atom stereocenters. The Kier molecular flexibility index (Phi) is 8.66. The summed E-state index contributed by atoms with van der Waals surface area (Å²) in [6, 6.07) is 22.5. The average Bonchev–Trinajstić information content (AvgIpc) is 2.82. The molecule has 3 aromatic rings. The summed E-state index contributed by atoms with van der Waals surface area (Å²) in [7, 11) is 1.59. The van der Waals surface area contributed by atoms with Gasteiger partial charge in [0.1, 0.15) is 11.8 Å². The highest BCUT2D eigenvalue weighted by molar-refractivity contribution is 9.10. The molecule has 5 nitrogen and oxygen atoms in total. The van der Waals surface area contributed by atoms with Crippen molar-refractivity contribution in [2.45, 2.75) is 32.9 Å². The van der Waals surface area contributed by atoms with Crippen molar-refractivity contribution in [3.05, 3.63) is 99.5 Å². The van der Waals surface area contributed by atoms with E-state index < -0.39 is 6.04 Å². The van der Waals surface area contributed by atoms with E-state index in [1.807, 2.05) is 86.6 Å². The van der Waals surface area contributed by atoms with Crippen LogP contribution in [0.2, 0.25) is 0 Å². The van der Waals surface area contributed by atoms with Gasteiger partial charge in [-0.05, 0) is 60.4 Å². The van der Waals surface area contributed by atoms with Crippen LogP contribution in [0.3, 0.4) is 0 Å². The zero-order chi connectivity index (χ0) is 23.8. The standard InChI is InChI=1S/C27H29BrN2O3/c1-19-12-13-24(14-20(19)2)33-18-26(31)30(17-22-10-7-11-23(28)15-22)25(27(32)29-3)16-21-8-5-4-6-9-21/h4-15,25H,16-18H2,1-3H3,(H,29,32). The molecule has 0 saturated heterocycles. The molecular weight excluding hydrogens is 480 g/mol. The lowest BCUT2D eigenvalue weighted by molar-refractivity contribution is -0.142. The summed E-state index contributed by atoms with van der Waals surface area (Å²) in [6.07, 6.45) is 0.407. The largest absolute Gasteiger partial charge is 0.484 e. The van der Waals surface area contributed by atoms with E-state index in [4.69, 9.17) is 4.74 Å². The Bertz CT molecular complexity index is 1100. The van der Waals surface area contributed by atoms with E-state index in [0.717, 1.165) is 26.7 Å². The van der Waals surface area contributed by atoms with Crippen LogP contribution < -0.4 is 10.1 Å². The van der Waals surface area contributed by atoms with E-state index >= 15 is 0 Å². The van der Waals surface area contributed by atoms with Gasteiger partial charge in [-0.15, -0.1) is 0 Å². The number of hydrogen-bond acceptors (Lipinski definition) is 3. The number of likely N-dealkylation sites (N-methyl/N-ethyl adjacent to an activating group) is 1. The molecular formula is C27H29BrN2O3. The third-order valence-electron chi connectivity index (χ3n) is 5.60. The number of carbonyl (C=O) groups excluding carboxylic acids is 2. The van der Waals surface area contributed by atoms with Crippen molar-refractivity contribution in [2.75, 3.05) is 13.7 Å². The molecule has 2 amide bonds. The van der Waals surface area contributed by atoms with Gasteiger partial charge in [0.15, 0.2) is 6.61 Å². The third kappa shape index (κ3) is 6.93. The van der Waals surface area contributed by atoms with E-state index in [0.29, 0.717) is 18.7 Å². The fraction of sp³-hybridized carbons (Fsp3) is 0.259. The Morgan fingerprint density at radius 2 is 1.67 bits per heavy atom. The number of ether oxygens (including phenoxy) is 1. The number of halogens is 1. The first-order valence-corrected chi connectivity index (χ1v) is 11.7. The molecule has 0 saturated carbocycles. The molecule has 3 rings (SSSR count). The second-order valence-electron chi connectivity index (χ2n) is 8.01. The lowest BCUT2D eigenvalue weighted by Crippen LogP contribution is -2.51. The summed E-state index contributed by atoms with van der Waals surface area (Å²) in [5.74, 6) is 0.166. The molecule has 33 heavy (non-hydrogen) atoms. The molecule has 0 bridgehead atoms. The predicted molar refractivity (Wildman–Crippen MR) is 134 cm³/mol. The number of benzene rings is 3. The molecule has 0 spiro atoms. The molecule has 1 atom stereocenters. The SMILES string of the molecule is CNC(=O)C(Cc1ccccc1)N(Cc1cccc(Br)c1)C(=O)COc1ccc(C)c(C)c1. The fourth-order valence-electron chi connectivity index (χ4n) is 3.58. The highest BCUT2D eigenvalue weighted by Gasteiger charge is 2.30. The van der Waals surface area contributed by atoms with E-state index in [-0.39, 0.29) is 18.4 Å². The molecule has 0 fully saturated rings. The Labute approximate surface area is 203 Å².